The highest BCUT2D eigenvalue weighted by Gasteiger charge is 2.10. The van der Waals surface area contributed by atoms with Gasteiger partial charge in [-0.2, -0.15) is 0 Å². The van der Waals surface area contributed by atoms with Gasteiger partial charge in [-0.1, -0.05) is 36.1 Å². The van der Waals surface area contributed by atoms with Gasteiger partial charge in [-0.15, -0.1) is 0 Å². The number of amides is 1. The number of carbonyl (C=O) groups is 2. The second kappa shape index (κ2) is 8.93. The van der Waals surface area contributed by atoms with E-state index in [1.807, 2.05) is 48.5 Å². The number of aromatic nitrogens is 1. The molecule has 0 aliphatic carbocycles. The first kappa shape index (κ1) is 19.9. The number of hydrogen-bond acceptors (Lipinski definition) is 4. The van der Waals surface area contributed by atoms with E-state index in [0.29, 0.717) is 22.4 Å². The Morgan fingerprint density at radius 1 is 0.871 bits per heavy atom. The third kappa shape index (κ3) is 4.60. The summed E-state index contributed by atoms with van der Waals surface area (Å²) in [6.07, 6.45) is 1.70. The monoisotopic (exact) mass is 406 g/mol. The highest BCUT2D eigenvalue weighted by molar-refractivity contribution is 6.12. The van der Waals surface area contributed by atoms with Crippen LogP contribution >= 0.6 is 0 Å². The summed E-state index contributed by atoms with van der Waals surface area (Å²) >= 11 is 0. The Hall–Kier alpha value is -4.43. The van der Waals surface area contributed by atoms with Crippen molar-refractivity contribution in [3.63, 3.8) is 0 Å². The molecule has 0 atom stereocenters. The summed E-state index contributed by atoms with van der Waals surface area (Å²) in [5.74, 6) is 5.48. The van der Waals surface area contributed by atoms with Crippen LogP contribution in [0.4, 0.5) is 5.69 Å². The molecule has 3 aromatic carbocycles. The number of nitrogens with zero attached hydrogens (tertiary/aromatic N) is 1. The number of ether oxygens (including phenoxy) is 1. The van der Waals surface area contributed by atoms with Crippen LogP contribution in [0.5, 0.6) is 0 Å². The predicted molar refractivity (Wildman–Crippen MR) is 120 cm³/mol. The average molecular weight is 406 g/mol. The lowest BCUT2D eigenvalue weighted by Crippen LogP contribution is -2.12. The van der Waals surface area contributed by atoms with Gasteiger partial charge in [0.25, 0.3) is 5.91 Å². The maximum Gasteiger partial charge on any atom is 0.337 e. The summed E-state index contributed by atoms with van der Waals surface area (Å²) in [4.78, 5) is 28.8. The second-order valence-electron chi connectivity index (χ2n) is 6.73. The van der Waals surface area contributed by atoms with E-state index >= 15 is 0 Å². The maximum absolute atomic E-state index is 12.8. The van der Waals surface area contributed by atoms with Crippen LogP contribution in [-0.4, -0.2) is 24.0 Å². The molecule has 5 nitrogen and oxygen atoms in total. The lowest BCUT2D eigenvalue weighted by atomic mass is 10.1. The number of carbonyl (C=O) groups excluding carboxylic acids is 2. The number of esters is 1. The minimum atomic E-state index is -0.406. The molecule has 0 fully saturated rings. The molecular formula is C26H18N2O3. The summed E-state index contributed by atoms with van der Waals surface area (Å²) in [6, 6.07) is 23.4. The number of methoxy groups -OCH3 is 1. The number of pyridine rings is 1. The van der Waals surface area contributed by atoms with Crippen molar-refractivity contribution < 1.29 is 14.3 Å². The molecule has 1 amide bonds. The zero-order valence-electron chi connectivity index (χ0n) is 16.8. The number of benzene rings is 3. The normalized spacial score (nSPS) is 10.1. The molecule has 5 heteroatoms. The molecule has 1 heterocycles. The van der Waals surface area contributed by atoms with Crippen LogP contribution in [0.2, 0.25) is 0 Å². The third-order valence-corrected chi connectivity index (χ3v) is 4.65. The Balaban J connectivity index is 1.55. The van der Waals surface area contributed by atoms with Gasteiger partial charge in [0, 0.05) is 34.0 Å². The minimum Gasteiger partial charge on any atom is -0.465 e. The van der Waals surface area contributed by atoms with Crippen LogP contribution < -0.4 is 5.32 Å². The lowest BCUT2D eigenvalue weighted by molar-refractivity contribution is 0.0600. The fraction of sp³-hybridized carbons (Fsp3) is 0.0385. The molecule has 0 saturated heterocycles. The Labute approximate surface area is 179 Å². The lowest BCUT2D eigenvalue weighted by Gasteiger charge is -2.08. The zero-order chi connectivity index (χ0) is 21.6. The molecule has 0 spiro atoms. The number of anilines is 1. The van der Waals surface area contributed by atoms with Crippen molar-refractivity contribution in [2.24, 2.45) is 0 Å². The number of nitrogens with one attached hydrogen (secondary N) is 1. The van der Waals surface area contributed by atoms with Gasteiger partial charge in [0.05, 0.1) is 18.2 Å². The van der Waals surface area contributed by atoms with Crippen LogP contribution in [0.1, 0.15) is 31.8 Å². The highest BCUT2D eigenvalue weighted by Crippen LogP contribution is 2.19. The summed E-state index contributed by atoms with van der Waals surface area (Å²) < 4.78 is 4.74. The summed E-state index contributed by atoms with van der Waals surface area (Å²) in [5, 5.41) is 3.72. The number of rotatable bonds is 3. The Kier molecular flexibility index (Phi) is 5.72. The number of fused-ring (bicyclic) bond motifs is 1. The molecule has 0 saturated carbocycles. The highest BCUT2D eigenvalue weighted by atomic mass is 16.5. The molecule has 31 heavy (non-hydrogen) atoms. The van der Waals surface area contributed by atoms with Gasteiger partial charge in [-0.25, -0.2) is 4.79 Å². The van der Waals surface area contributed by atoms with E-state index in [9.17, 15) is 9.59 Å². The minimum absolute atomic E-state index is 0.213. The van der Waals surface area contributed by atoms with Crippen molar-refractivity contribution >= 4 is 28.5 Å². The van der Waals surface area contributed by atoms with Gasteiger partial charge in [-0.3, -0.25) is 9.78 Å². The van der Waals surface area contributed by atoms with E-state index in [1.54, 1.807) is 36.5 Å². The summed E-state index contributed by atoms with van der Waals surface area (Å²) in [5.41, 5.74) is 3.84. The molecule has 4 rings (SSSR count). The Morgan fingerprint density at radius 3 is 2.42 bits per heavy atom. The topological polar surface area (TPSA) is 68.3 Å². The van der Waals surface area contributed by atoms with E-state index in [4.69, 9.17) is 4.74 Å². The SMILES string of the molecule is COC(=O)c1cccc(C#Cc2cccc(NC(=O)c3cccc4ncccc34)c2)c1. The average Bonchev–Trinajstić information content (AvgIpc) is 2.82. The van der Waals surface area contributed by atoms with Crippen LogP contribution in [0, 0.1) is 11.8 Å². The van der Waals surface area contributed by atoms with Gasteiger partial charge in [0.15, 0.2) is 0 Å². The Bertz CT molecular complexity index is 1340. The fourth-order valence-electron chi connectivity index (χ4n) is 3.16. The fourth-order valence-corrected chi connectivity index (χ4v) is 3.16. The van der Waals surface area contributed by atoms with Crippen LogP contribution in [0.15, 0.2) is 85.1 Å². The molecule has 0 aliphatic heterocycles. The first-order valence-electron chi connectivity index (χ1n) is 9.59. The van der Waals surface area contributed by atoms with E-state index in [-0.39, 0.29) is 5.91 Å². The summed E-state index contributed by atoms with van der Waals surface area (Å²) in [6.45, 7) is 0. The van der Waals surface area contributed by atoms with Crippen molar-refractivity contribution in [3.8, 4) is 11.8 Å². The van der Waals surface area contributed by atoms with Gasteiger partial charge < -0.3 is 10.1 Å². The predicted octanol–water partition coefficient (Wildman–Crippen LogP) is 4.67. The van der Waals surface area contributed by atoms with E-state index < -0.39 is 5.97 Å². The zero-order valence-corrected chi connectivity index (χ0v) is 16.8. The van der Waals surface area contributed by atoms with E-state index in [1.165, 1.54) is 7.11 Å². The maximum atomic E-state index is 12.8. The van der Waals surface area contributed by atoms with Crippen LogP contribution in [0.25, 0.3) is 10.9 Å². The Morgan fingerprint density at radius 2 is 1.61 bits per heavy atom. The largest absolute Gasteiger partial charge is 0.465 e. The molecule has 1 aromatic heterocycles. The first-order chi connectivity index (χ1) is 15.1. The standard InChI is InChI=1S/C26H18N2O3/c1-31-26(30)20-8-2-6-18(16-20)13-14-19-7-3-9-21(17-19)28-25(29)23-10-4-12-24-22(23)11-5-15-27-24/h2-12,15-17H,1H3,(H,28,29). The van der Waals surface area contributed by atoms with Gasteiger partial charge in [0.2, 0.25) is 0 Å². The quantitative estimate of drug-likeness (QED) is 0.396. The van der Waals surface area contributed by atoms with Crippen LogP contribution in [0.3, 0.4) is 0 Å². The molecular weight excluding hydrogens is 388 g/mol. The first-order valence-corrected chi connectivity index (χ1v) is 9.59. The van der Waals surface area contributed by atoms with E-state index in [2.05, 4.69) is 22.1 Å². The van der Waals surface area contributed by atoms with Crippen LogP contribution in [-0.2, 0) is 4.74 Å². The van der Waals surface area contributed by atoms with Gasteiger partial charge >= 0.3 is 5.97 Å². The van der Waals surface area contributed by atoms with Crippen molar-refractivity contribution in [3.05, 3.63) is 107 Å². The molecule has 4 aromatic rings. The third-order valence-electron chi connectivity index (χ3n) is 4.65. The molecule has 0 unspecified atom stereocenters. The van der Waals surface area contributed by atoms with Crippen molar-refractivity contribution in [1.82, 2.24) is 4.98 Å². The molecule has 0 bridgehead atoms. The van der Waals surface area contributed by atoms with Crippen molar-refractivity contribution in [2.75, 3.05) is 12.4 Å². The molecule has 0 radical (unpaired) electrons. The molecule has 0 aliphatic rings. The van der Waals surface area contributed by atoms with E-state index in [0.717, 1.165) is 16.5 Å². The van der Waals surface area contributed by atoms with Gasteiger partial charge in [0.1, 0.15) is 0 Å². The van der Waals surface area contributed by atoms with Gasteiger partial charge in [-0.05, 0) is 54.6 Å². The second-order valence-corrected chi connectivity index (χ2v) is 6.73. The van der Waals surface area contributed by atoms with Crippen molar-refractivity contribution in [1.29, 1.82) is 0 Å². The summed E-state index contributed by atoms with van der Waals surface area (Å²) in [7, 11) is 1.34. The molecule has 150 valence electrons. The molecule has 1 N–H and O–H groups in total. The smallest absolute Gasteiger partial charge is 0.337 e. The number of hydrogen-bond donors (Lipinski definition) is 1. The van der Waals surface area contributed by atoms with Crippen molar-refractivity contribution in [2.45, 2.75) is 0 Å².